The van der Waals surface area contributed by atoms with Gasteiger partial charge in [0.2, 0.25) is 0 Å². The van der Waals surface area contributed by atoms with Gasteiger partial charge in [-0.1, -0.05) is 20.8 Å². The third kappa shape index (κ3) is 4.00. The summed E-state index contributed by atoms with van der Waals surface area (Å²) in [5.74, 6) is 1.59. The Balaban J connectivity index is 2.03. The first-order valence-electron chi connectivity index (χ1n) is 7.57. The van der Waals surface area contributed by atoms with Gasteiger partial charge in [0.15, 0.2) is 0 Å². The van der Waals surface area contributed by atoms with Crippen LogP contribution in [0.5, 0.6) is 0 Å². The van der Waals surface area contributed by atoms with E-state index in [2.05, 4.69) is 25.8 Å². The van der Waals surface area contributed by atoms with Crippen molar-refractivity contribution in [1.82, 2.24) is 9.97 Å². The Hall–Kier alpha value is -0.960. The number of nitrogens with zero attached hydrogens (tertiary/aromatic N) is 2. The molecule has 1 heterocycles. The lowest BCUT2D eigenvalue weighted by molar-refractivity contribution is 0.220. The standard InChI is InChI=1S/C16H27N3/c1-4-13(17)11-14-7-10-18-15(19-14)12-5-8-16(2,3)9-6-12/h7,10,12-13H,4-6,8-9,11,17H2,1-3H3. The summed E-state index contributed by atoms with van der Waals surface area (Å²) in [7, 11) is 0. The van der Waals surface area contributed by atoms with E-state index in [-0.39, 0.29) is 6.04 Å². The summed E-state index contributed by atoms with van der Waals surface area (Å²) in [6.45, 7) is 6.84. The highest BCUT2D eigenvalue weighted by molar-refractivity contribution is 5.08. The third-order valence-corrected chi connectivity index (χ3v) is 4.43. The van der Waals surface area contributed by atoms with Crippen LogP contribution in [0.1, 0.15) is 70.3 Å². The first-order valence-corrected chi connectivity index (χ1v) is 7.57. The van der Waals surface area contributed by atoms with Gasteiger partial charge in [-0.25, -0.2) is 9.97 Å². The Morgan fingerprint density at radius 2 is 2.05 bits per heavy atom. The first kappa shape index (κ1) is 14.4. The Labute approximate surface area is 117 Å². The molecule has 1 aliphatic rings. The molecule has 1 fully saturated rings. The minimum atomic E-state index is 0.216. The SMILES string of the molecule is CCC(N)Cc1ccnc(C2CCC(C)(C)CC2)n1. The molecule has 1 aromatic rings. The van der Waals surface area contributed by atoms with Crippen LogP contribution in [0.4, 0.5) is 0 Å². The molecule has 1 saturated carbocycles. The smallest absolute Gasteiger partial charge is 0.131 e. The lowest BCUT2D eigenvalue weighted by atomic mass is 9.73. The van der Waals surface area contributed by atoms with Gasteiger partial charge < -0.3 is 5.73 Å². The van der Waals surface area contributed by atoms with Crippen LogP contribution in [-0.4, -0.2) is 16.0 Å². The first-order chi connectivity index (χ1) is 9.00. The van der Waals surface area contributed by atoms with Crippen molar-refractivity contribution in [2.24, 2.45) is 11.1 Å². The predicted octanol–water partition coefficient (Wildman–Crippen LogP) is 3.44. The molecule has 3 nitrogen and oxygen atoms in total. The predicted molar refractivity (Wildman–Crippen MR) is 79.0 cm³/mol. The third-order valence-electron chi connectivity index (χ3n) is 4.43. The maximum atomic E-state index is 6.01. The molecule has 0 spiro atoms. The zero-order valence-corrected chi connectivity index (χ0v) is 12.5. The molecule has 106 valence electrons. The van der Waals surface area contributed by atoms with Crippen LogP contribution >= 0.6 is 0 Å². The molecule has 1 aromatic heterocycles. The summed E-state index contributed by atoms with van der Waals surface area (Å²) in [6.07, 6.45) is 8.76. The minimum Gasteiger partial charge on any atom is -0.327 e. The number of hydrogen-bond acceptors (Lipinski definition) is 3. The van der Waals surface area contributed by atoms with Gasteiger partial charge in [0, 0.05) is 30.3 Å². The van der Waals surface area contributed by atoms with Gasteiger partial charge >= 0.3 is 0 Å². The molecule has 2 rings (SSSR count). The summed E-state index contributed by atoms with van der Waals surface area (Å²) < 4.78 is 0. The van der Waals surface area contributed by atoms with Crippen LogP contribution in [-0.2, 0) is 6.42 Å². The van der Waals surface area contributed by atoms with Gasteiger partial charge in [-0.2, -0.15) is 0 Å². The quantitative estimate of drug-likeness (QED) is 0.903. The van der Waals surface area contributed by atoms with Gasteiger partial charge in [-0.15, -0.1) is 0 Å². The monoisotopic (exact) mass is 261 g/mol. The largest absolute Gasteiger partial charge is 0.327 e. The Kier molecular flexibility index (Phi) is 4.56. The summed E-state index contributed by atoms with van der Waals surface area (Å²) in [4.78, 5) is 9.23. The van der Waals surface area contributed by atoms with Crippen molar-refractivity contribution in [3.63, 3.8) is 0 Å². The number of hydrogen-bond donors (Lipinski definition) is 1. The average Bonchev–Trinajstić information content (AvgIpc) is 2.39. The van der Waals surface area contributed by atoms with Crippen molar-refractivity contribution in [1.29, 1.82) is 0 Å². The van der Waals surface area contributed by atoms with E-state index in [9.17, 15) is 0 Å². The van der Waals surface area contributed by atoms with E-state index in [4.69, 9.17) is 10.7 Å². The van der Waals surface area contributed by atoms with Crippen LogP contribution in [0.3, 0.4) is 0 Å². The van der Waals surface area contributed by atoms with Crippen molar-refractivity contribution in [3.8, 4) is 0 Å². The number of nitrogens with two attached hydrogens (primary N) is 1. The topological polar surface area (TPSA) is 51.8 Å². The fourth-order valence-corrected chi connectivity index (χ4v) is 2.79. The van der Waals surface area contributed by atoms with Crippen LogP contribution < -0.4 is 5.73 Å². The maximum absolute atomic E-state index is 6.01. The van der Waals surface area contributed by atoms with Crippen molar-refractivity contribution < 1.29 is 0 Å². The molecule has 1 unspecified atom stereocenters. The van der Waals surface area contributed by atoms with Gasteiger partial charge in [0.25, 0.3) is 0 Å². The second kappa shape index (κ2) is 6.00. The van der Waals surface area contributed by atoms with E-state index in [1.165, 1.54) is 25.7 Å². The van der Waals surface area contributed by atoms with Gasteiger partial charge in [-0.3, -0.25) is 0 Å². The molecule has 0 saturated heterocycles. The van der Waals surface area contributed by atoms with Gasteiger partial charge in [-0.05, 0) is 43.6 Å². The van der Waals surface area contributed by atoms with E-state index >= 15 is 0 Å². The summed E-state index contributed by atoms with van der Waals surface area (Å²) >= 11 is 0. The van der Waals surface area contributed by atoms with E-state index in [1.807, 2.05) is 12.3 Å². The number of rotatable bonds is 4. The lowest BCUT2D eigenvalue weighted by Gasteiger charge is -2.33. The molecule has 0 aromatic carbocycles. The summed E-state index contributed by atoms with van der Waals surface area (Å²) in [5.41, 5.74) is 7.61. The Morgan fingerprint density at radius 1 is 1.37 bits per heavy atom. The molecule has 3 heteroatoms. The highest BCUT2D eigenvalue weighted by Crippen LogP contribution is 2.41. The van der Waals surface area contributed by atoms with Crippen molar-refractivity contribution in [2.75, 3.05) is 0 Å². The molecule has 0 bridgehead atoms. The highest BCUT2D eigenvalue weighted by Gasteiger charge is 2.28. The van der Waals surface area contributed by atoms with E-state index in [0.29, 0.717) is 11.3 Å². The van der Waals surface area contributed by atoms with Gasteiger partial charge in [0.05, 0.1) is 0 Å². The molecular formula is C16H27N3. The molecule has 2 N–H and O–H groups in total. The zero-order chi connectivity index (χ0) is 13.9. The van der Waals surface area contributed by atoms with Crippen LogP contribution in [0.25, 0.3) is 0 Å². The Morgan fingerprint density at radius 3 is 2.68 bits per heavy atom. The zero-order valence-electron chi connectivity index (χ0n) is 12.5. The minimum absolute atomic E-state index is 0.216. The molecule has 0 radical (unpaired) electrons. The lowest BCUT2D eigenvalue weighted by Crippen LogP contribution is -2.24. The number of aromatic nitrogens is 2. The van der Waals surface area contributed by atoms with Crippen molar-refractivity contribution in [2.45, 2.75) is 71.3 Å². The highest BCUT2D eigenvalue weighted by atomic mass is 14.9. The second-order valence-electron chi connectivity index (χ2n) is 6.72. The van der Waals surface area contributed by atoms with Crippen LogP contribution in [0.2, 0.25) is 0 Å². The van der Waals surface area contributed by atoms with Crippen LogP contribution in [0, 0.1) is 5.41 Å². The molecule has 1 atom stereocenters. The van der Waals surface area contributed by atoms with Crippen molar-refractivity contribution >= 4 is 0 Å². The van der Waals surface area contributed by atoms with Gasteiger partial charge in [0.1, 0.15) is 5.82 Å². The maximum Gasteiger partial charge on any atom is 0.131 e. The molecular weight excluding hydrogens is 234 g/mol. The fraction of sp³-hybridized carbons (Fsp3) is 0.750. The van der Waals surface area contributed by atoms with Crippen LogP contribution in [0.15, 0.2) is 12.3 Å². The van der Waals surface area contributed by atoms with E-state index in [1.54, 1.807) is 0 Å². The fourth-order valence-electron chi connectivity index (χ4n) is 2.79. The average molecular weight is 261 g/mol. The van der Waals surface area contributed by atoms with E-state index in [0.717, 1.165) is 24.4 Å². The molecule has 19 heavy (non-hydrogen) atoms. The normalized spacial score (nSPS) is 21.3. The summed E-state index contributed by atoms with van der Waals surface area (Å²) in [5, 5.41) is 0. The Bertz CT molecular complexity index is 404. The molecule has 0 aliphatic heterocycles. The molecule has 1 aliphatic carbocycles. The molecule has 0 amide bonds. The summed E-state index contributed by atoms with van der Waals surface area (Å²) in [6, 6.07) is 2.22. The van der Waals surface area contributed by atoms with E-state index < -0.39 is 0 Å². The second-order valence-corrected chi connectivity index (χ2v) is 6.72. The van der Waals surface area contributed by atoms with Crippen molar-refractivity contribution in [3.05, 3.63) is 23.8 Å².